The number of nitrogens with zero attached hydrogens (tertiary/aromatic N) is 2. The van der Waals surface area contributed by atoms with Crippen LogP contribution in [0.15, 0.2) is 72.5 Å². The smallest absolute Gasteiger partial charge is 0.338 e. The van der Waals surface area contributed by atoms with E-state index in [1.165, 1.54) is 0 Å². The largest absolute Gasteiger partial charge is 0.494 e. The normalized spacial score (nSPS) is 15.4. The predicted octanol–water partition coefficient (Wildman–Crippen LogP) is 5.48. The van der Waals surface area contributed by atoms with Gasteiger partial charge >= 0.3 is 5.97 Å². The second-order valence-electron chi connectivity index (χ2n) is 8.35. The van der Waals surface area contributed by atoms with Crippen LogP contribution in [0.4, 0.5) is 5.95 Å². The van der Waals surface area contributed by atoms with Gasteiger partial charge in [0.25, 0.3) is 0 Å². The van der Waals surface area contributed by atoms with E-state index in [1.807, 2.05) is 55.5 Å². The summed E-state index contributed by atoms with van der Waals surface area (Å²) >= 11 is 0. The van der Waals surface area contributed by atoms with Crippen molar-refractivity contribution >= 4 is 23.0 Å². The standard InChI is InChI=1S/C26H29N3O3/c1-5-15-32-25(30)23-18(4)27-26-28-21-8-6-7-9-22(21)29(26)24(23)19-10-12-20(13-11-19)31-16-14-17(2)3/h5-13,17,24H,1,14-16H2,2-4H3,(H,27,28)/t24-/m0/s1. The molecular weight excluding hydrogens is 402 g/mol. The Morgan fingerprint density at radius 3 is 2.69 bits per heavy atom. The Morgan fingerprint density at radius 1 is 1.22 bits per heavy atom. The van der Waals surface area contributed by atoms with Gasteiger partial charge < -0.3 is 14.8 Å². The number of allylic oxidation sites excluding steroid dienone is 1. The molecular formula is C26H29N3O3. The summed E-state index contributed by atoms with van der Waals surface area (Å²) in [6, 6.07) is 15.5. The number of aromatic nitrogens is 2. The van der Waals surface area contributed by atoms with Gasteiger partial charge in [0.05, 0.1) is 29.3 Å². The SMILES string of the molecule is C=CCOC(=O)C1=C(C)Nc2nc3ccccc3n2[C@H]1c1ccc(OCCC(C)C)cc1. The second kappa shape index (κ2) is 9.30. The average molecular weight is 432 g/mol. The minimum atomic E-state index is -0.374. The maximum atomic E-state index is 13.1. The van der Waals surface area contributed by atoms with E-state index in [0.717, 1.165) is 34.5 Å². The Bertz CT molecular complexity index is 1160. The summed E-state index contributed by atoms with van der Waals surface area (Å²) < 4.78 is 13.4. The van der Waals surface area contributed by atoms with Crippen LogP contribution in [0.3, 0.4) is 0 Å². The van der Waals surface area contributed by atoms with Crippen LogP contribution < -0.4 is 10.1 Å². The summed E-state index contributed by atoms with van der Waals surface area (Å²) in [4.78, 5) is 17.8. The summed E-state index contributed by atoms with van der Waals surface area (Å²) in [5.74, 6) is 1.73. The lowest BCUT2D eigenvalue weighted by molar-refractivity contribution is -0.138. The second-order valence-corrected chi connectivity index (χ2v) is 8.35. The van der Waals surface area contributed by atoms with Crippen LogP contribution in [0, 0.1) is 5.92 Å². The Morgan fingerprint density at radius 2 is 1.97 bits per heavy atom. The summed E-state index contributed by atoms with van der Waals surface area (Å²) in [5.41, 5.74) is 4.04. The molecule has 1 aromatic heterocycles. The predicted molar refractivity (Wildman–Crippen MR) is 127 cm³/mol. The Kier molecular flexibility index (Phi) is 6.30. The molecule has 6 heteroatoms. The van der Waals surface area contributed by atoms with Gasteiger partial charge in [-0.2, -0.15) is 0 Å². The van der Waals surface area contributed by atoms with Gasteiger partial charge in [0.1, 0.15) is 12.4 Å². The van der Waals surface area contributed by atoms with Crippen molar-refractivity contribution in [1.29, 1.82) is 0 Å². The third-order valence-electron chi connectivity index (χ3n) is 5.54. The van der Waals surface area contributed by atoms with Gasteiger partial charge in [0, 0.05) is 5.70 Å². The summed E-state index contributed by atoms with van der Waals surface area (Å²) in [6.07, 6.45) is 2.57. The zero-order valence-electron chi connectivity index (χ0n) is 18.8. The highest BCUT2D eigenvalue weighted by molar-refractivity contribution is 5.94. The molecule has 0 aliphatic carbocycles. The van der Waals surface area contributed by atoms with Gasteiger partial charge in [-0.1, -0.05) is 50.8 Å². The number of hydrogen-bond donors (Lipinski definition) is 1. The highest BCUT2D eigenvalue weighted by Crippen LogP contribution is 2.39. The van der Waals surface area contributed by atoms with E-state index in [-0.39, 0.29) is 18.6 Å². The van der Waals surface area contributed by atoms with Gasteiger partial charge in [0.15, 0.2) is 0 Å². The van der Waals surface area contributed by atoms with Gasteiger partial charge in [-0.15, -0.1) is 0 Å². The number of para-hydroxylation sites is 2. The zero-order valence-corrected chi connectivity index (χ0v) is 18.8. The molecule has 32 heavy (non-hydrogen) atoms. The lowest BCUT2D eigenvalue weighted by atomic mass is 9.95. The van der Waals surface area contributed by atoms with Crippen molar-refractivity contribution in [3.63, 3.8) is 0 Å². The molecule has 166 valence electrons. The molecule has 4 rings (SSSR count). The van der Waals surface area contributed by atoms with E-state index in [2.05, 4.69) is 30.3 Å². The zero-order chi connectivity index (χ0) is 22.7. The van der Waals surface area contributed by atoms with Gasteiger partial charge in [-0.3, -0.25) is 4.57 Å². The number of carbonyl (C=O) groups is 1. The van der Waals surface area contributed by atoms with Crippen LogP contribution in [0.25, 0.3) is 11.0 Å². The van der Waals surface area contributed by atoms with Crippen molar-refractivity contribution < 1.29 is 14.3 Å². The number of hydrogen-bond acceptors (Lipinski definition) is 5. The first kappa shape index (κ1) is 21.7. The number of nitrogens with one attached hydrogen (secondary N) is 1. The number of imidazole rings is 1. The lowest BCUT2D eigenvalue weighted by Crippen LogP contribution is -2.29. The molecule has 2 aromatic carbocycles. The van der Waals surface area contributed by atoms with Crippen LogP contribution in [-0.4, -0.2) is 28.7 Å². The minimum Gasteiger partial charge on any atom is -0.494 e. The fourth-order valence-corrected chi connectivity index (χ4v) is 3.91. The van der Waals surface area contributed by atoms with E-state index in [4.69, 9.17) is 14.5 Å². The molecule has 0 spiro atoms. The number of benzene rings is 2. The fraction of sp³-hybridized carbons (Fsp3) is 0.308. The highest BCUT2D eigenvalue weighted by Gasteiger charge is 2.34. The van der Waals surface area contributed by atoms with E-state index in [1.54, 1.807) is 6.08 Å². The van der Waals surface area contributed by atoms with E-state index < -0.39 is 0 Å². The number of rotatable bonds is 8. The summed E-state index contributed by atoms with van der Waals surface area (Å²) in [7, 11) is 0. The van der Waals surface area contributed by atoms with Crippen molar-refractivity contribution in [2.24, 2.45) is 5.92 Å². The van der Waals surface area contributed by atoms with E-state index >= 15 is 0 Å². The van der Waals surface area contributed by atoms with Crippen LogP contribution >= 0.6 is 0 Å². The van der Waals surface area contributed by atoms with Gasteiger partial charge in [0.2, 0.25) is 5.95 Å². The van der Waals surface area contributed by atoms with Crippen LogP contribution in [-0.2, 0) is 9.53 Å². The maximum absolute atomic E-state index is 13.1. The van der Waals surface area contributed by atoms with Crippen molar-refractivity contribution in [3.05, 3.63) is 78.0 Å². The first-order valence-corrected chi connectivity index (χ1v) is 10.9. The van der Waals surface area contributed by atoms with E-state index in [9.17, 15) is 4.79 Å². The van der Waals surface area contributed by atoms with Gasteiger partial charge in [-0.05, 0) is 49.1 Å². The first-order chi connectivity index (χ1) is 15.5. The first-order valence-electron chi connectivity index (χ1n) is 10.9. The highest BCUT2D eigenvalue weighted by atomic mass is 16.5. The van der Waals surface area contributed by atoms with E-state index in [0.29, 0.717) is 24.0 Å². The Balaban J connectivity index is 1.75. The molecule has 1 N–H and O–H groups in total. The molecule has 0 radical (unpaired) electrons. The number of ether oxygens (including phenoxy) is 2. The molecule has 0 amide bonds. The summed E-state index contributed by atoms with van der Waals surface area (Å²) in [5, 5.41) is 3.29. The number of esters is 1. The monoisotopic (exact) mass is 431 g/mol. The summed E-state index contributed by atoms with van der Waals surface area (Å²) in [6.45, 7) is 10.7. The molecule has 1 atom stereocenters. The van der Waals surface area contributed by atoms with Crippen LogP contribution in [0.1, 0.15) is 38.8 Å². The Hall–Kier alpha value is -3.54. The third kappa shape index (κ3) is 4.26. The number of anilines is 1. The van der Waals surface area contributed by atoms with Gasteiger partial charge in [-0.25, -0.2) is 9.78 Å². The lowest BCUT2D eigenvalue weighted by Gasteiger charge is -2.30. The minimum absolute atomic E-state index is 0.155. The van der Waals surface area contributed by atoms with Crippen molar-refractivity contribution in [1.82, 2.24) is 9.55 Å². The molecule has 0 saturated carbocycles. The molecule has 0 unspecified atom stereocenters. The third-order valence-corrected chi connectivity index (χ3v) is 5.54. The van der Waals surface area contributed by atoms with Crippen molar-refractivity contribution in [3.8, 4) is 5.75 Å². The number of fused-ring (bicyclic) bond motifs is 3. The maximum Gasteiger partial charge on any atom is 0.338 e. The molecule has 3 aromatic rings. The average Bonchev–Trinajstić information content (AvgIpc) is 3.14. The van der Waals surface area contributed by atoms with Crippen molar-refractivity contribution in [2.45, 2.75) is 33.2 Å². The molecule has 6 nitrogen and oxygen atoms in total. The van der Waals surface area contributed by atoms with Crippen LogP contribution in [0.2, 0.25) is 0 Å². The molecule has 2 heterocycles. The molecule has 1 aliphatic heterocycles. The quantitative estimate of drug-likeness (QED) is 0.378. The fourth-order valence-electron chi connectivity index (χ4n) is 3.91. The molecule has 0 saturated heterocycles. The topological polar surface area (TPSA) is 65.4 Å². The number of carbonyl (C=O) groups excluding carboxylic acids is 1. The Labute approximate surface area is 188 Å². The van der Waals surface area contributed by atoms with Crippen molar-refractivity contribution in [2.75, 3.05) is 18.5 Å². The molecule has 0 bridgehead atoms. The van der Waals surface area contributed by atoms with Crippen LogP contribution in [0.5, 0.6) is 5.75 Å². The molecule has 1 aliphatic rings. The molecule has 0 fully saturated rings.